The predicted molar refractivity (Wildman–Crippen MR) is 104 cm³/mol. The molecule has 0 aliphatic carbocycles. The van der Waals surface area contributed by atoms with Crippen molar-refractivity contribution in [3.63, 3.8) is 0 Å². The van der Waals surface area contributed by atoms with E-state index in [2.05, 4.69) is 10.2 Å². The van der Waals surface area contributed by atoms with Gasteiger partial charge >= 0.3 is 0 Å². The van der Waals surface area contributed by atoms with Crippen molar-refractivity contribution in [3.8, 4) is 5.75 Å². The van der Waals surface area contributed by atoms with Gasteiger partial charge in [0.05, 0.1) is 31.3 Å². The minimum atomic E-state index is -0.509. The summed E-state index contributed by atoms with van der Waals surface area (Å²) in [5, 5.41) is 13.8. The number of nitrogens with one attached hydrogen (secondary N) is 1. The Hall–Kier alpha value is -2.97. The fourth-order valence-electron chi connectivity index (χ4n) is 3.23. The quantitative estimate of drug-likeness (QED) is 0.581. The van der Waals surface area contributed by atoms with E-state index in [9.17, 15) is 14.9 Å². The highest BCUT2D eigenvalue weighted by Gasteiger charge is 2.23. The number of morpholine rings is 1. The Kier molecular flexibility index (Phi) is 6.57. The molecule has 1 heterocycles. The number of non-ortho nitro benzene ring substituents is 1. The van der Waals surface area contributed by atoms with Gasteiger partial charge in [0.25, 0.3) is 11.6 Å². The van der Waals surface area contributed by atoms with Gasteiger partial charge in [0.1, 0.15) is 5.75 Å². The van der Waals surface area contributed by atoms with Crippen LogP contribution < -0.4 is 10.1 Å². The maximum Gasteiger partial charge on any atom is 0.270 e. The van der Waals surface area contributed by atoms with Gasteiger partial charge in [0.2, 0.25) is 0 Å². The second-order valence-corrected chi connectivity index (χ2v) is 6.45. The van der Waals surface area contributed by atoms with Crippen LogP contribution in [0.5, 0.6) is 5.75 Å². The number of carbonyl (C=O) groups is 1. The van der Waals surface area contributed by atoms with Crippen LogP contribution in [0, 0.1) is 10.1 Å². The molecular weight excluding hydrogens is 362 g/mol. The zero-order chi connectivity index (χ0) is 19.9. The molecule has 148 valence electrons. The lowest BCUT2D eigenvalue weighted by Gasteiger charge is -2.35. The first-order valence-electron chi connectivity index (χ1n) is 9.07. The van der Waals surface area contributed by atoms with Crippen molar-refractivity contribution in [2.75, 3.05) is 40.0 Å². The van der Waals surface area contributed by atoms with Gasteiger partial charge < -0.3 is 14.8 Å². The molecule has 2 aromatic rings. The SMILES string of the molecule is COc1ccc(C(CNC(=O)c2cccc([N+](=O)[O-])c2)N2CCOCC2)cc1. The summed E-state index contributed by atoms with van der Waals surface area (Å²) < 4.78 is 10.7. The van der Waals surface area contributed by atoms with E-state index in [1.807, 2.05) is 24.3 Å². The molecule has 0 aromatic heterocycles. The molecule has 8 heteroatoms. The summed E-state index contributed by atoms with van der Waals surface area (Å²) in [4.78, 5) is 25.2. The van der Waals surface area contributed by atoms with Crippen molar-refractivity contribution in [2.24, 2.45) is 0 Å². The standard InChI is InChI=1S/C20H23N3O5/c1-27-18-7-5-15(6-8-18)19(22-9-11-28-12-10-22)14-21-20(24)16-3-2-4-17(13-16)23(25)26/h2-8,13,19H,9-12,14H2,1H3,(H,21,24). The van der Waals surface area contributed by atoms with Gasteiger partial charge in [-0.15, -0.1) is 0 Å². The van der Waals surface area contributed by atoms with E-state index in [4.69, 9.17) is 9.47 Å². The first kappa shape index (κ1) is 19.8. The van der Waals surface area contributed by atoms with Crippen LogP contribution in [0.15, 0.2) is 48.5 Å². The third kappa shape index (κ3) is 4.85. The molecule has 1 N–H and O–H groups in total. The Balaban J connectivity index is 1.74. The maximum atomic E-state index is 12.5. The number of ether oxygens (including phenoxy) is 2. The highest BCUT2D eigenvalue weighted by molar-refractivity contribution is 5.94. The number of benzene rings is 2. The molecule has 3 rings (SSSR count). The number of nitro groups is 1. The molecule has 8 nitrogen and oxygen atoms in total. The summed E-state index contributed by atoms with van der Waals surface area (Å²) in [5.41, 5.74) is 1.22. The zero-order valence-electron chi connectivity index (χ0n) is 15.7. The van der Waals surface area contributed by atoms with Crippen LogP contribution in [0.1, 0.15) is 22.0 Å². The fourth-order valence-corrected chi connectivity index (χ4v) is 3.23. The number of carbonyl (C=O) groups excluding carboxylic acids is 1. The first-order chi connectivity index (χ1) is 13.6. The number of methoxy groups -OCH3 is 1. The molecule has 28 heavy (non-hydrogen) atoms. The summed E-state index contributed by atoms with van der Waals surface area (Å²) in [7, 11) is 1.62. The average molecular weight is 385 g/mol. The molecule has 1 aliphatic heterocycles. The molecule has 0 saturated carbocycles. The number of hydrogen-bond acceptors (Lipinski definition) is 6. The molecule has 1 amide bonds. The van der Waals surface area contributed by atoms with Crippen molar-refractivity contribution in [1.29, 1.82) is 0 Å². The summed E-state index contributed by atoms with van der Waals surface area (Å²) in [6, 6.07) is 13.5. The highest BCUT2D eigenvalue weighted by atomic mass is 16.6. The van der Waals surface area contributed by atoms with E-state index < -0.39 is 4.92 Å². The second kappa shape index (κ2) is 9.29. The van der Waals surface area contributed by atoms with E-state index in [-0.39, 0.29) is 23.2 Å². The normalized spacial score (nSPS) is 15.6. The van der Waals surface area contributed by atoms with E-state index in [1.165, 1.54) is 18.2 Å². The van der Waals surface area contributed by atoms with Crippen LogP contribution in [0.4, 0.5) is 5.69 Å². The van der Waals surface area contributed by atoms with Gasteiger partial charge in [-0.25, -0.2) is 0 Å². The molecule has 0 spiro atoms. The van der Waals surface area contributed by atoms with Gasteiger partial charge in [0, 0.05) is 37.3 Å². The Morgan fingerprint density at radius 1 is 1.25 bits per heavy atom. The van der Waals surface area contributed by atoms with Gasteiger partial charge in [-0.05, 0) is 23.8 Å². The van der Waals surface area contributed by atoms with Crippen molar-refractivity contribution in [3.05, 3.63) is 69.8 Å². The van der Waals surface area contributed by atoms with E-state index >= 15 is 0 Å². The van der Waals surface area contributed by atoms with Crippen molar-refractivity contribution in [2.45, 2.75) is 6.04 Å². The molecule has 0 radical (unpaired) electrons. The summed E-state index contributed by atoms with van der Waals surface area (Å²) in [6.45, 7) is 3.21. The highest BCUT2D eigenvalue weighted by Crippen LogP contribution is 2.24. The van der Waals surface area contributed by atoms with E-state index in [0.717, 1.165) is 24.4 Å². The Morgan fingerprint density at radius 3 is 2.61 bits per heavy atom. The fraction of sp³-hybridized carbons (Fsp3) is 0.350. The molecule has 0 bridgehead atoms. The van der Waals surface area contributed by atoms with E-state index in [1.54, 1.807) is 13.2 Å². The smallest absolute Gasteiger partial charge is 0.270 e. The predicted octanol–water partition coefficient (Wildman–Crippen LogP) is 2.41. The number of amides is 1. The van der Waals surface area contributed by atoms with Crippen LogP contribution in [0.3, 0.4) is 0 Å². The number of hydrogen-bond donors (Lipinski definition) is 1. The van der Waals surface area contributed by atoms with Crippen LogP contribution in [-0.4, -0.2) is 55.7 Å². The summed E-state index contributed by atoms with van der Waals surface area (Å²) in [6.07, 6.45) is 0. The largest absolute Gasteiger partial charge is 0.497 e. The number of nitrogens with zero attached hydrogens (tertiary/aromatic N) is 2. The maximum absolute atomic E-state index is 12.5. The topological polar surface area (TPSA) is 93.9 Å². The number of rotatable bonds is 7. The minimum Gasteiger partial charge on any atom is -0.497 e. The van der Waals surface area contributed by atoms with Gasteiger partial charge in [-0.3, -0.25) is 19.8 Å². The Labute approximate surface area is 163 Å². The molecule has 1 fully saturated rings. The van der Waals surface area contributed by atoms with Crippen LogP contribution in [0.2, 0.25) is 0 Å². The molecular formula is C20H23N3O5. The summed E-state index contributed by atoms with van der Waals surface area (Å²) in [5.74, 6) is 0.431. The molecule has 2 aromatic carbocycles. The molecule has 1 unspecified atom stereocenters. The average Bonchev–Trinajstić information content (AvgIpc) is 2.75. The summed E-state index contributed by atoms with van der Waals surface area (Å²) >= 11 is 0. The molecule has 1 saturated heterocycles. The van der Waals surface area contributed by atoms with Crippen molar-refractivity contribution >= 4 is 11.6 Å². The first-order valence-corrected chi connectivity index (χ1v) is 9.07. The minimum absolute atomic E-state index is 0.0301. The zero-order valence-corrected chi connectivity index (χ0v) is 15.7. The van der Waals surface area contributed by atoms with Crippen LogP contribution in [0.25, 0.3) is 0 Å². The van der Waals surface area contributed by atoms with Crippen molar-refractivity contribution in [1.82, 2.24) is 10.2 Å². The van der Waals surface area contributed by atoms with Gasteiger partial charge in [0.15, 0.2) is 0 Å². The Morgan fingerprint density at radius 2 is 1.96 bits per heavy atom. The van der Waals surface area contributed by atoms with E-state index in [0.29, 0.717) is 19.8 Å². The number of nitro benzene ring substituents is 1. The molecule has 1 aliphatic rings. The van der Waals surface area contributed by atoms with Gasteiger partial charge in [-0.2, -0.15) is 0 Å². The van der Waals surface area contributed by atoms with Crippen LogP contribution in [-0.2, 0) is 4.74 Å². The van der Waals surface area contributed by atoms with Gasteiger partial charge in [-0.1, -0.05) is 18.2 Å². The second-order valence-electron chi connectivity index (χ2n) is 6.45. The van der Waals surface area contributed by atoms with Crippen LogP contribution >= 0.6 is 0 Å². The lowest BCUT2D eigenvalue weighted by molar-refractivity contribution is -0.384. The lowest BCUT2D eigenvalue weighted by Crippen LogP contribution is -2.43. The monoisotopic (exact) mass is 385 g/mol. The molecule has 1 atom stereocenters. The Bertz CT molecular complexity index is 819. The third-order valence-corrected chi connectivity index (χ3v) is 4.76. The van der Waals surface area contributed by atoms with Crippen molar-refractivity contribution < 1.29 is 19.2 Å². The lowest BCUT2D eigenvalue weighted by atomic mass is 10.0. The third-order valence-electron chi connectivity index (χ3n) is 4.76.